The minimum atomic E-state index is -0.124. The Bertz CT molecular complexity index is 977. The van der Waals surface area contributed by atoms with Crippen molar-refractivity contribution in [2.45, 2.75) is 45.1 Å². The van der Waals surface area contributed by atoms with Gasteiger partial charge in [-0.25, -0.2) is 9.97 Å². The summed E-state index contributed by atoms with van der Waals surface area (Å²) in [4.78, 5) is 21.0. The minimum absolute atomic E-state index is 0.124. The van der Waals surface area contributed by atoms with Gasteiger partial charge >= 0.3 is 0 Å². The summed E-state index contributed by atoms with van der Waals surface area (Å²) in [5.41, 5.74) is 2.06. The number of aromatic nitrogens is 3. The van der Waals surface area contributed by atoms with Crippen molar-refractivity contribution in [2.75, 3.05) is 13.2 Å². The number of ether oxygens (including phenoxy) is 1. The highest BCUT2D eigenvalue weighted by Gasteiger charge is 2.18. The predicted octanol–water partition coefficient (Wildman–Crippen LogP) is 5.30. The summed E-state index contributed by atoms with van der Waals surface area (Å²) in [6, 6.07) is 9.56. The van der Waals surface area contributed by atoms with E-state index in [1.165, 1.54) is 38.1 Å². The van der Waals surface area contributed by atoms with Crippen molar-refractivity contribution in [2.24, 2.45) is 5.92 Å². The molecule has 3 aromatic rings. The lowest BCUT2D eigenvalue weighted by molar-refractivity contribution is 0.0978. The SMILES string of the molecule is O=C(c1cc(Cl)ncn1)c1cn(CCCC2CCCCOCC2)c2ccccc12. The van der Waals surface area contributed by atoms with Crippen LogP contribution in [-0.4, -0.2) is 33.5 Å². The largest absolute Gasteiger partial charge is 0.381 e. The number of ketones is 1. The van der Waals surface area contributed by atoms with Crippen molar-refractivity contribution in [3.63, 3.8) is 0 Å². The summed E-state index contributed by atoms with van der Waals surface area (Å²) in [5, 5.41) is 1.22. The third kappa shape index (κ3) is 4.85. The Hall–Kier alpha value is -2.24. The predicted molar refractivity (Wildman–Crippen MR) is 114 cm³/mol. The van der Waals surface area contributed by atoms with Crippen LogP contribution in [-0.2, 0) is 11.3 Å². The van der Waals surface area contributed by atoms with Crippen LogP contribution in [0.3, 0.4) is 0 Å². The van der Waals surface area contributed by atoms with E-state index >= 15 is 0 Å². The second-order valence-corrected chi connectivity index (χ2v) is 8.10. The van der Waals surface area contributed by atoms with Crippen molar-refractivity contribution in [3.05, 3.63) is 59.3 Å². The van der Waals surface area contributed by atoms with Crippen molar-refractivity contribution < 1.29 is 9.53 Å². The van der Waals surface area contributed by atoms with Gasteiger partial charge in [0.25, 0.3) is 0 Å². The molecule has 0 N–H and O–H groups in total. The Balaban J connectivity index is 1.50. The molecule has 1 fully saturated rings. The van der Waals surface area contributed by atoms with Crippen LogP contribution in [0.1, 0.15) is 54.6 Å². The molecule has 152 valence electrons. The molecule has 2 aromatic heterocycles. The van der Waals surface area contributed by atoms with Crippen molar-refractivity contribution >= 4 is 28.3 Å². The molecule has 0 bridgehead atoms. The maximum Gasteiger partial charge on any atom is 0.213 e. The monoisotopic (exact) mass is 411 g/mol. The molecule has 0 radical (unpaired) electrons. The number of hydrogen-bond donors (Lipinski definition) is 0. The van der Waals surface area contributed by atoms with Gasteiger partial charge in [0.2, 0.25) is 5.78 Å². The maximum atomic E-state index is 13.0. The van der Waals surface area contributed by atoms with E-state index in [9.17, 15) is 4.79 Å². The van der Waals surface area contributed by atoms with Gasteiger partial charge in [0.15, 0.2) is 0 Å². The Labute approximate surface area is 176 Å². The molecule has 3 heterocycles. The van der Waals surface area contributed by atoms with E-state index < -0.39 is 0 Å². The second kappa shape index (κ2) is 9.51. The Kier molecular flexibility index (Phi) is 6.57. The Morgan fingerprint density at radius 1 is 1.17 bits per heavy atom. The second-order valence-electron chi connectivity index (χ2n) is 7.71. The zero-order chi connectivity index (χ0) is 20.1. The molecule has 0 aliphatic carbocycles. The molecule has 0 saturated carbocycles. The van der Waals surface area contributed by atoms with Crippen LogP contribution in [0.15, 0.2) is 42.9 Å². The molecule has 29 heavy (non-hydrogen) atoms. The molecular formula is C23H26ClN3O2. The van der Waals surface area contributed by atoms with Crippen molar-refractivity contribution in [1.29, 1.82) is 0 Å². The zero-order valence-electron chi connectivity index (χ0n) is 16.5. The smallest absolute Gasteiger partial charge is 0.213 e. The molecule has 1 aromatic carbocycles. The highest BCUT2D eigenvalue weighted by atomic mass is 35.5. The molecule has 4 rings (SSSR count). The summed E-state index contributed by atoms with van der Waals surface area (Å²) in [7, 11) is 0. The first kappa shape index (κ1) is 20.0. The highest BCUT2D eigenvalue weighted by Crippen LogP contribution is 2.26. The van der Waals surface area contributed by atoms with Crippen LogP contribution in [0, 0.1) is 5.92 Å². The third-order valence-electron chi connectivity index (χ3n) is 5.73. The van der Waals surface area contributed by atoms with E-state index in [1.54, 1.807) is 0 Å². The lowest BCUT2D eigenvalue weighted by Crippen LogP contribution is -2.11. The lowest BCUT2D eigenvalue weighted by atomic mass is 9.93. The first-order valence-corrected chi connectivity index (χ1v) is 10.8. The average molecular weight is 412 g/mol. The fourth-order valence-electron chi connectivity index (χ4n) is 4.18. The summed E-state index contributed by atoms with van der Waals surface area (Å²) in [6.07, 6.45) is 10.5. The molecule has 1 atom stereocenters. The number of nitrogens with zero attached hydrogens (tertiary/aromatic N) is 3. The normalized spacial score (nSPS) is 17.8. The fourth-order valence-corrected chi connectivity index (χ4v) is 4.33. The van der Waals surface area contributed by atoms with Gasteiger partial charge in [0.05, 0.1) is 0 Å². The van der Waals surface area contributed by atoms with Gasteiger partial charge in [0, 0.05) is 48.5 Å². The number of halogens is 1. The number of para-hydroxylation sites is 1. The number of carbonyl (C=O) groups excluding carboxylic acids is 1. The first-order chi connectivity index (χ1) is 14.2. The average Bonchev–Trinajstić information content (AvgIpc) is 3.08. The molecule has 1 aliphatic heterocycles. The number of fused-ring (bicyclic) bond motifs is 1. The molecule has 6 heteroatoms. The van der Waals surface area contributed by atoms with E-state index in [0.29, 0.717) is 11.3 Å². The topological polar surface area (TPSA) is 57.0 Å². The van der Waals surface area contributed by atoms with Gasteiger partial charge in [-0.15, -0.1) is 0 Å². The van der Waals surface area contributed by atoms with Crippen LogP contribution in [0.25, 0.3) is 10.9 Å². The number of benzene rings is 1. The zero-order valence-corrected chi connectivity index (χ0v) is 17.3. The standard InChI is InChI=1S/C23H26ClN3O2/c24-22-14-20(25-16-26-22)23(28)19-15-27(21-9-2-1-8-18(19)21)11-5-7-17-6-3-4-12-29-13-10-17/h1-2,8-9,14-17H,3-7,10-13H2. The summed E-state index contributed by atoms with van der Waals surface area (Å²) >= 11 is 5.95. The van der Waals surface area contributed by atoms with Crippen molar-refractivity contribution in [3.8, 4) is 0 Å². The summed E-state index contributed by atoms with van der Waals surface area (Å²) in [6.45, 7) is 2.70. The lowest BCUT2D eigenvalue weighted by Gasteiger charge is -2.20. The third-order valence-corrected chi connectivity index (χ3v) is 5.94. The maximum absolute atomic E-state index is 13.0. The van der Waals surface area contributed by atoms with E-state index in [-0.39, 0.29) is 10.9 Å². The van der Waals surface area contributed by atoms with E-state index in [0.717, 1.165) is 49.4 Å². The van der Waals surface area contributed by atoms with Gasteiger partial charge in [-0.05, 0) is 37.7 Å². The summed E-state index contributed by atoms with van der Waals surface area (Å²) < 4.78 is 7.84. The quantitative estimate of drug-likeness (QED) is 0.407. The first-order valence-electron chi connectivity index (χ1n) is 10.4. The van der Waals surface area contributed by atoms with E-state index in [4.69, 9.17) is 16.3 Å². The molecule has 5 nitrogen and oxygen atoms in total. The molecule has 0 amide bonds. The number of aryl methyl sites for hydroxylation is 1. The van der Waals surface area contributed by atoms with E-state index in [2.05, 4.69) is 20.6 Å². The van der Waals surface area contributed by atoms with Crippen LogP contribution < -0.4 is 0 Å². The van der Waals surface area contributed by atoms with Gasteiger partial charge < -0.3 is 9.30 Å². The molecule has 1 saturated heterocycles. The minimum Gasteiger partial charge on any atom is -0.381 e. The highest BCUT2D eigenvalue weighted by molar-refractivity contribution is 6.30. The van der Waals surface area contributed by atoms with Crippen LogP contribution in [0.2, 0.25) is 5.15 Å². The Morgan fingerprint density at radius 3 is 2.97 bits per heavy atom. The van der Waals surface area contributed by atoms with Crippen LogP contribution in [0.5, 0.6) is 0 Å². The van der Waals surface area contributed by atoms with Crippen LogP contribution >= 0.6 is 11.6 Å². The molecule has 0 spiro atoms. The van der Waals surface area contributed by atoms with Gasteiger partial charge in [-0.3, -0.25) is 4.79 Å². The number of carbonyl (C=O) groups is 1. The summed E-state index contributed by atoms with van der Waals surface area (Å²) in [5.74, 6) is 0.614. The van der Waals surface area contributed by atoms with E-state index in [1.807, 2.05) is 24.4 Å². The van der Waals surface area contributed by atoms with Crippen LogP contribution in [0.4, 0.5) is 0 Å². The number of rotatable bonds is 6. The molecule has 1 aliphatic rings. The fraction of sp³-hybridized carbons (Fsp3) is 0.435. The Morgan fingerprint density at radius 2 is 2.07 bits per heavy atom. The van der Waals surface area contributed by atoms with Crippen molar-refractivity contribution in [1.82, 2.24) is 14.5 Å². The molecule has 1 unspecified atom stereocenters. The van der Waals surface area contributed by atoms with Gasteiger partial charge in [-0.2, -0.15) is 0 Å². The molecular weight excluding hydrogens is 386 g/mol. The van der Waals surface area contributed by atoms with Gasteiger partial charge in [0.1, 0.15) is 17.2 Å². The number of hydrogen-bond acceptors (Lipinski definition) is 4. The van der Waals surface area contributed by atoms with Gasteiger partial charge in [-0.1, -0.05) is 42.6 Å².